The molecule has 1 aliphatic heterocycles. The summed E-state index contributed by atoms with van der Waals surface area (Å²) >= 11 is 0. The Morgan fingerprint density at radius 3 is 2.68 bits per heavy atom. The van der Waals surface area contributed by atoms with Gasteiger partial charge < -0.3 is 9.42 Å². The molecule has 0 N–H and O–H groups in total. The molecule has 2 rings (SSSR count). The maximum absolute atomic E-state index is 12.5. The van der Waals surface area contributed by atoms with E-state index in [0.717, 1.165) is 51.9 Å². The van der Waals surface area contributed by atoms with Crippen molar-refractivity contribution in [3.8, 4) is 0 Å². The van der Waals surface area contributed by atoms with Crippen LogP contribution in [0.4, 0.5) is 0 Å². The lowest BCUT2D eigenvalue weighted by Gasteiger charge is -2.32. The van der Waals surface area contributed by atoms with Gasteiger partial charge in [-0.15, -0.1) is 0 Å². The van der Waals surface area contributed by atoms with Gasteiger partial charge in [0.05, 0.1) is 12.5 Å². The number of carbonyl (C=O) groups excluding carboxylic acids is 1. The number of nitrogens with zero attached hydrogens (tertiary/aromatic N) is 4. The highest BCUT2D eigenvalue weighted by Gasteiger charge is 2.27. The van der Waals surface area contributed by atoms with Crippen molar-refractivity contribution in [1.82, 2.24) is 19.9 Å². The van der Waals surface area contributed by atoms with E-state index in [4.69, 9.17) is 4.52 Å². The highest BCUT2D eigenvalue weighted by atomic mass is 16.5. The van der Waals surface area contributed by atoms with Crippen molar-refractivity contribution < 1.29 is 9.32 Å². The summed E-state index contributed by atoms with van der Waals surface area (Å²) in [6.07, 6.45) is 4.14. The van der Waals surface area contributed by atoms with Crippen molar-refractivity contribution >= 4 is 5.91 Å². The molecule has 0 radical (unpaired) electrons. The molecule has 0 aliphatic carbocycles. The minimum Gasteiger partial charge on any atom is -0.342 e. The van der Waals surface area contributed by atoms with Gasteiger partial charge in [0.2, 0.25) is 11.8 Å². The molecule has 1 aromatic rings. The van der Waals surface area contributed by atoms with E-state index in [0.29, 0.717) is 18.3 Å². The SMILES string of the molecule is CCCN(CCC)C(=O)CN1CCCC(c2nc(C)no2)C1. The maximum Gasteiger partial charge on any atom is 0.236 e. The molecule has 1 saturated heterocycles. The number of rotatable bonds is 7. The van der Waals surface area contributed by atoms with Crippen LogP contribution in [0.2, 0.25) is 0 Å². The fourth-order valence-electron chi connectivity index (χ4n) is 3.07. The fraction of sp³-hybridized carbons (Fsp3) is 0.812. The van der Waals surface area contributed by atoms with Crippen LogP contribution in [0, 0.1) is 6.92 Å². The molecule has 1 aliphatic rings. The van der Waals surface area contributed by atoms with Crippen LogP contribution in [0.25, 0.3) is 0 Å². The van der Waals surface area contributed by atoms with E-state index in [-0.39, 0.29) is 11.8 Å². The first kappa shape index (κ1) is 16.9. The average molecular weight is 308 g/mol. The first-order valence-electron chi connectivity index (χ1n) is 8.44. The topological polar surface area (TPSA) is 62.5 Å². The van der Waals surface area contributed by atoms with Gasteiger partial charge in [0.15, 0.2) is 5.82 Å². The molecule has 1 atom stereocenters. The molecule has 1 aromatic heterocycles. The molecule has 124 valence electrons. The zero-order valence-corrected chi connectivity index (χ0v) is 14.0. The third-order valence-corrected chi connectivity index (χ3v) is 4.10. The lowest BCUT2D eigenvalue weighted by atomic mass is 9.98. The van der Waals surface area contributed by atoms with Crippen molar-refractivity contribution in [2.45, 2.75) is 52.4 Å². The molecule has 1 unspecified atom stereocenters. The summed E-state index contributed by atoms with van der Waals surface area (Å²) in [4.78, 5) is 21.0. The van der Waals surface area contributed by atoms with Gasteiger partial charge in [-0.3, -0.25) is 9.69 Å². The average Bonchev–Trinajstić information content (AvgIpc) is 2.94. The van der Waals surface area contributed by atoms with Crippen molar-refractivity contribution in [2.24, 2.45) is 0 Å². The minimum absolute atomic E-state index is 0.242. The quantitative estimate of drug-likeness (QED) is 0.773. The highest BCUT2D eigenvalue weighted by Crippen LogP contribution is 2.25. The molecule has 0 aromatic carbocycles. The summed E-state index contributed by atoms with van der Waals surface area (Å²) in [6.45, 7) is 10.1. The second-order valence-electron chi connectivity index (χ2n) is 6.13. The first-order valence-corrected chi connectivity index (χ1v) is 8.44. The van der Waals surface area contributed by atoms with Crippen LogP contribution in [0.15, 0.2) is 4.52 Å². The van der Waals surface area contributed by atoms with E-state index in [1.807, 2.05) is 11.8 Å². The van der Waals surface area contributed by atoms with E-state index in [9.17, 15) is 4.79 Å². The number of likely N-dealkylation sites (tertiary alicyclic amines) is 1. The van der Waals surface area contributed by atoms with E-state index in [2.05, 4.69) is 28.9 Å². The number of hydrogen-bond donors (Lipinski definition) is 0. The Bertz CT molecular complexity index is 468. The Hall–Kier alpha value is -1.43. The van der Waals surface area contributed by atoms with Gasteiger partial charge in [-0.05, 0) is 39.2 Å². The predicted molar refractivity (Wildman–Crippen MR) is 84.6 cm³/mol. The van der Waals surface area contributed by atoms with Crippen molar-refractivity contribution in [3.05, 3.63) is 11.7 Å². The van der Waals surface area contributed by atoms with Crippen LogP contribution in [-0.2, 0) is 4.79 Å². The number of aryl methyl sites for hydroxylation is 1. The largest absolute Gasteiger partial charge is 0.342 e. The molecule has 2 heterocycles. The third kappa shape index (κ3) is 4.53. The van der Waals surface area contributed by atoms with Crippen molar-refractivity contribution in [1.29, 1.82) is 0 Å². The number of carbonyl (C=O) groups is 1. The lowest BCUT2D eigenvalue weighted by Crippen LogP contribution is -2.44. The Morgan fingerprint density at radius 1 is 1.36 bits per heavy atom. The molecule has 1 fully saturated rings. The second-order valence-corrected chi connectivity index (χ2v) is 6.13. The Morgan fingerprint density at radius 2 is 2.09 bits per heavy atom. The zero-order valence-electron chi connectivity index (χ0n) is 14.0. The summed E-state index contributed by atoms with van der Waals surface area (Å²) < 4.78 is 5.30. The summed E-state index contributed by atoms with van der Waals surface area (Å²) in [5, 5.41) is 3.87. The highest BCUT2D eigenvalue weighted by molar-refractivity contribution is 5.78. The fourth-order valence-corrected chi connectivity index (χ4v) is 3.07. The summed E-state index contributed by atoms with van der Waals surface area (Å²) in [6, 6.07) is 0. The first-order chi connectivity index (χ1) is 10.6. The minimum atomic E-state index is 0.242. The molecular formula is C16H28N4O2. The molecule has 6 nitrogen and oxygen atoms in total. The number of hydrogen-bond acceptors (Lipinski definition) is 5. The van der Waals surface area contributed by atoms with Crippen LogP contribution in [-0.4, -0.2) is 58.6 Å². The van der Waals surface area contributed by atoms with E-state index in [1.165, 1.54) is 0 Å². The standard InChI is InChI=1S/C16H28N4O2/c1-4-8-20(9-5-2)15(21)12-19-10-6-7-14(11-19)16-17-13(3)18-22-16/h14H,4-12H2,1-3H3. The predicted octanol–water partition coefficient (Wildman–Crippen LogP) is 2.21. The molecule has 22 heavy (non-hydrogen) atoms. The van der Waals surface area contributed by atoms with Crippen LogP contribution in [0.5, 0.6) is 0 Å². The van der Waals surface area contributed by atoms with Gasteiger partial charge in [-0.2, -0.15) is 4.98 Å². The number of amides is 1. The number of piperidine rings is 1. The molecule has 0 spiro atoms. The Labute approximate surface area is 132 Å². The van der Waals surface area contributed by atoms with Gasteiger partial charge in [-0.1, -0.05) is 19.0 Å². The van der Waals surface area contributed by atoms with Crippen LogP contribution >= 0.6 is 0 Å². The Balaban J connectivity index is 1.90. The van der Waals surface area contributed by atoms with Crippen LogP contribution in [0.1, 0.15) is 57.2 Å². The summed E-state index contributed by atoms with van der Waals surface area (Å²) in [7, 11) is 0. The summed E-state index contributed by atoms with van der Waals surface area (Å²) in [5.41, 5.74) is 0. The second kappa shape index (κ2) is 8.27. The third-order valence-electron chi connectivity index (χ3n) is 4.10. The van der Waals surface area contributed by atoms with Crippen LogP contribution < -0.4 is 0 Å². The molecule has 6 heteroatoms. The van der Waals surface area contributed by atoms with E-state index < -0.39 is 0 Å². The smallest absolute Gasteiger partial charge is 0.236 e. The maximum atomic E-state index is 12.5. The van der Waals surface area contributed by atoms with Gasteiger partial charge >= 0.3 is 0 Å². The normalized spacial score (nSPS) is 19.3. The van der Waals surface area contributed by atoms with Gasteiger partial charge in [0.1, 0.15) is 0 Å². The van der Waals surface area contributed by atoms with Gasteiger partial charge in [0, 0.05) is 19.6 Å². The van der Waals surface area contributed by atoms with Crippen LogP contribution in [0.3, 0.4) is 0 Å². The molecular weight excluding hydrogens is 280 g/mol. The lowest BCUT2D eigenvalue weighted by molar-refractivity contribution is -0.132. The van der Waals surface area contributed by atoms with Crippen molar-refractivity contribution in [2.75, 3.05) is 32.7 Å². The number of aromatic nitrogens is 2. The summed E-state index contributed by atoms with van der Waals surface area (Å²) in [5.74, 6) is 1.90. The molecule has 0 saturated carbocycles. The zero-order chi connectivity index (χ0) is 15.9. The molecule has 0 bridgehead atoms. The van der Waals surface area contributed by atoms with E-state index in [1.54, 1.807) is 0 Å². The van der Waals surface area contributed by atoms with Gasteiger partial charge in [-0.25, -0.2) is 0 Å². The Kier molecular flexibility index (Phi) is 6.36. The van der Waals surface area contributed by atoms with Crippen molar-refractivity contribution in [3.63, 3.8) is 0 Å². The van der Waals surface area contributed by atoms with Gasteiger partial charge in [0.25, 0.3) is 0 Å². The van der Waals surface area contributed by atoms with E-state index >= 15 is 0 Å². The molecule has 1 amide bonds. The monoisotopic (exact) mass is 308 g/mol.